The lowest BCUT2D eigenvalue weighted by molar-refractivity contribution is 0.0526. The van der Waals surface area contributed by atoms with Crippen LogP contribution in [0.1, 0.15) is 35.7 Å². The molecular formula is C17H25N3O2S. The Labute approximate surface area is 143 Å². The summed E-state index contributed by atoms with van der Waals surface area (Å²) in [5, 5.41) is 7.23. The molecule has 1 saturated heterocycles. The predicted octanol–water partition coefficient (Wildman–Crippen LogP) is 2.55. The number of aryl methyl sites for hydroxylation is 1. The van der Waals surface area contributed by atoms with Gasteiger partial charge in [-0.05, 0) is 82.8 Å². The molecule has 126 valence electrons. The molecule has 2 N–H and O–H groups in total. The summed E-state index contributed by atoms with van der Waals surface area (Å²) in [4.78, 5) is 14.1. The Morgan fingerprint density at radius 2 is 2.09 bits per heavy atom. The fourth-order valence-corrected chi connectivity index (χ4v) is 2.92. The van der Waals surface area contributed by atoms with Crippen LogP contribution in [0.2, 0.25) is 0 Å². The van der Waals surface area contributed by atoms with Gasteiger partial charge < -0.3 is 20.3 Å². The second kappa shape index (κ2) is 8.26. The molecule has 1 fully saturated rings. The predicted molar refractivity (Wildman–Crippen MR) is 97.0 cm³/mol. The maximum absolute atomic E-state index is 11.7. The Bertz CT molecular complexity index is 569. The third-order valence-corrected chi connectivity index (χ3v) is 4.26. The van der Waals surface area contributed by atoms with Crippen molar-refractivity contribution >= 4 is 29.0 Å². The van der Waals surface area contributed by atoms with Gasteiger partial charge in [-0.2, -0.15) is 0 Å². The standard InChI is InChI=1S/C17H25N3O2S/c1-4-22-16(21)13-5-6-15(12(2)11-13)19-17(23)18-14-7-9-20(3)10-8-14/h5-6,11,14H,4,7-10H2,1-3H3,(H2,18,19,23). The summed E-state index contributed by atoms with van der Waals surface area (Å²) >= 11 is 5.40. The highest BCUT2D eigenvalue weighted by Crippen LogP contribution is 2.17. The number of piperidine rings is 1. The number of nitrogens with one attached hydrogen (secondary N) is 2. The lowest BCUT2D eigenvalue weighted by Crippen LogP contribution is -2.44. The minimum Gasteiger partial charge on any atom is -0.462 e. The zero-order chi connectivity index (χ0) is 16.8. The number of ether oxygens (including phenoxy) is 1. The molecule has 1 aromatic rings. The van der Waals surface area contributed by atoms with E-state index in [0.29, 0.717) is 23.3 Å². The number of likely N-dealkylation sites (tertiary alicyclic amines) is 1. The largest absolute Gasteiger partial charge is 0.462 e. The lowest BCUT2D eigenvalue weighted by Gasteiger charge is -2.30. The quantitative estimate of drug-likeness (QED) is 0.651. The zero-order valence-electron chi connectivity index (χ0n) is 14.0. The van der Waals surface area contributed by atoms with Gasteiger partial charge in [0.25, 0.3) is 0 Å². The van der Waals surface area contributed by atoms with E-state index in [1.165, 1.54) is 0 Å². The number of nitrogens with zero attached hydrogens (tertiary/aromatic N) is 1. The second-order valence-electron chi connectivity index (χ2n) is 5.93. The lowest BCUT2D eigenvalue weighted by atomic mass is 10.1. The molecule has 0 bridgehead atoms. The fraction of sp³-hybridized carbons (Fsp3) is 0.529. The molecule has 1 aliphatic rings. The second-order valence-corrected chi connectivity index (χ2v) is 6.33. The topological polar surface area (TPSA) is 53.6 Å². The van der Waals surface area contributed by atoms with Crippen molar-refractivity contribution in [3.8, 4) is 0 Å². The first-order valence-corrected chi connectivity index (χ1v) is 8.44. The maximum Gasteiger partial charge on any atom is 0.338 e. The van der Waals surface area contributed by atoms with Crippen LogP contribution < -0.4 is 10.6 Å². The summed E-state index contributed by atoms with van der Waals surface area (Å²) in [6.45, 7) is 6.31. The molecule has 1 heterocycles. The minimum absolute atomic E-state index is 0.297. The van der Waals surface area contributed by atoms with Crippen molar-refractivity contribution in [1.82, 2.24) is 10.2 Å². The van der Waals surface area contributed by atoms with E-state index >= 15 is 0 Å². The number of anilines is 1. The molecule has 5 nitrogen and oxygen atoms in total. The summed E-state index contributed by atoms with van der Waals surface area (Å²) in [5.41, 5.74) is 2.43. The van der Waals surface area contributed by atoms with Crippen molar-refractivity contribution in [2.75, 3.05) is 32.1 Å². The van der Waals surface area contributed by atoms with Crippen LogP contribution in [0.4, 0.5) is 5.69 Å². The number of carbonyl (C=O) groups excluding carboxylic acids is 1. The van der Waals surface area contributed by atoms with Gasteiger partial charge in [0.1, 0.15) is 0 Å². The van der Waals surface area contributed by atoms with Crippen LogP contribution in [0, 0.1) is 6.92 Å². The van der Waals surface area contributed by atoms with Crippen LogP contribution in [0.25, 0.3) is 0 Å². The summed E-state index contributed by atoms with van der Waals surface area (Å²) in [6.07, 6.45) is 2.19. The van der Waals surface area contributed by atoms with Crippen molar-refractivity contribution in [2.24, 2.45) is 0 Å². The normalized spacial score (nSPS) is 16.0. The Hall–Kier alpha value is -1.66. The van der Waals surface area contributed by atoms with Gasteiger partial charge in [-0.1, -0.05) is 0 Å². The Morgan fingerprint density at radius 1 is 1.39 bits per heavy atom. The monoisotopic (exact) mass is 335 g/mol. The molecule has 1 aliphatic heterocycles. The van der Waals surface area contributed by atoms with Crippen LogP contribution in [-0.4, -0.2) is 48.8 Å². The first-order chi connectivity index (χ1) is 11.0. The third-order valence-electron chi connectivity index (χ3n) is 4.04. The number of benzene rings is 1. The van der Waals surface area contributed by atoms with E-state index in [9.17, 15) is 4.79 Å². The van der Waals surface area contributed by atoms with Gasteiger partial charge in [0.2, 0.25) is 0 Å². The molecule has 0 amide bonds. The van der Waals surface area contributed by atoms with E-state index in [1.807, 2.05) is 19.1 Å². The summed E-state index contributed by atoms with van der Waals surface area (Å²) < 4.78 is 5.01. The average molecular weight is 335 g/mol. The molecule has 0 spiro atoms. The highest BCUT2D eigenvalue weighted by atomic mass is 32.1. The van der Waals surface area contributed by atoms with E-state index in [2.05, 4.69) is 22.6 Å². The Kier molecular flexibility index (Phi) is 6.36. The van der Waals surface area contributed by atoms with Gasteiger partial charge in [-0.3, -0.25) is 0 Å². The van der Waals surface area contributed by atoms with Gasteiger partial charge in [0.15, 0.2) is 5.11 Å². The van der Waals surface area contributed by atoms with Crippen LogP contribution in [-0.2, 0) is 4.74 Å². The minimum atomic E-state index is -0.297. The van der Waals surface area contributed by atoms with E-state index in [1.54, 1.807) is 13.0 Å². The number of hydrogen-bond acceptors (Lipinski definition) is 4. The third kappa shape index (κ3) is 5.18. The first kappa shape index (κ1) is 17.7. The van der Waals surface area contributed by atoms with E-state index in [4.69, 9.17) is 17.0 Å². The van der Waals surface area contributed by atoms with Crippen LogP contribution >= 0.6 is 12.2 Å². The molecule has 2 rings (SSSR count). The van der Waals surface area contributed by atoms with Crippen molar-refractivity contribution in [1.29, 1.82) is 0 Å². The van der Waals surface area contributed by atoms with Gasteiger partial charge in [-0.25, -0.2) is 4.79 Å². The molecule has 1 aromatic carbocycles. The maximum atomic E-state index is 11.7. The summed E-state index contributed by atoms with van der Waals surface area (Å²) in [5.74, 6) is -0.297. The molecule has 0 radical (unpaired) electrons. The number of carbonyl (C=O) groups is 1. The summed E-state index contributed by atoms with van der Waals surface area (Å²) in [7, 11) is 2.14. The average Bonchev–Trinajstić information content (AvgIpc) is 2.52. The van der Waals surface area contributed by atoms with Crippen LogP contribution in [0.15, 0.2) is 18.2 Å². The number of esters is 1. The molecule has 0 aromatic heterocycles. The van der Waals surface area contributed by atoms with Gasteiger partial charge in [-0.15, -0.1) is 0 Å². The highest BCUT2D eigenvalue weighted by Gasteiger charge is 2.17. The number of rotatable bonds is 4. The van der Waals surface area contributed by atoms with E-state index in [-0.39, 0.29) is 5.97 Å². The van der Waals surface area contributed by atoms with Crippen molar-refractivity contribution in [3.63, 3.8) is 0 Å². The summed E-state index contributed by atoms with van der Waals surface area (Å²) in [6, 6.07) is 5.86. The molecule has 6 heteroatoms. The molecule has 23 heavy (non-hydrogen) atoms. The van der Waals surface area contributed by atoms with E-state index < -0.39 is 0 Å². The fourth-order valence-electron chi connectivity index (χ4n) is 2.64. The Morgan fingerprint density at radius 3 is 2.70 bits per heavy atom. The van der Waals surface area contributed by atoms with Crippen LogP contribution in [0.5, 0.6) is 0 Å². The van der Waals surface area contributed by atoms with Crippen molar-refractivity contribution in [2.45, 2.75) is 32.7 Å². The van der Waals surface area contributed by atoms with Crippen molar-refractivity contribution in [3.05, 3.63) is 29.3 Å². The molecular weight excluding hydrogens is 310 g/mol. The zero-order valence-corrected chi connectivity index (χ0v) is 14.8. The number of thiocarbonyl (C=S) groups is 1. The van der Waals surface area contributed by atoms with Gasteiger partial charge in [0.05, 0.1) is 12.2 Å². The SMILES string of the molecule is CCOC(=O)c1ccc(NC(=S)NC2CCN(C)CC2)c(C)c1. The Balaban J connectivity index is 1.92. The first-order valence-electron chi connectivity index (χ1n) is 8.03. The highest BCUT2D eigenvalue weighted by molar-refractivity contribution is 7.80. The molecule has 0 saturated carbocycles. The molecule has 0 unspecified atom stereocenters. The van der Waals surface area contributed by atoms with Gasteiger partial charge >= 0.3 is 5.97 Å². The van der Waals surface area contributed by atoms with Crippen molar-refractivity contribution < 1.29 is 9.53 Å². The smallest absolute Gasteiger partial charge is 0.338 e. The van der Waals surface area contributed by atoms with E-state index in [0.717, 1.165) is 37.2 Å². The van der Waals surface area contributed by atoms with Gasteiger partial charge in [0, 0.05) is 11.7 Å². The van der Waals surface area contributed by atoms with Crippen LogP contribution in [0.3, 0.4) is 0 Å². The molecule has 0 aliphatic carbocycles. The number of hydrogen-bond donors (Lipinski definition) is 2. The molecule has 0 atom stereocenters.